The molecule has 3 aromatic carbocycles. The summed E-state index contributed by atoms with van der Waals surface area (Å²) in [7, 11) is 0. The smallest absolute Gasteiger partial charge is 0.128 e. The van der Waals surface area contributed by atoms with E-state index >= 15 is 0 Å². The predicted octanol–water partition coefficient (Wildman–Crippen LogP) is 2.97. The van der Waals surface area contributed by atoms with Crippen molar-refractivity contribution in [2.75, 3.05) is 32.8 Å². The van der Waals surface area contributed by atoms with Gasteiger partial charge < -0.3 is 9.64 Å². The van der Waals surface area contributed by atoms with Crippen molar-refractivity contribution in [3.8, 4) is 5.75 Å². The molecular weight excluding hydrogens is 346 g/mol. The number of hydrazone groups is 1. The Morgan fingerprint density at radius 1 is 0.964 bits per heavy atom. The van der Waals surface area contributed by atoms with Crippen LogP contribution in [0.15, 0.2) is 71.8 Å². The standard InChI is InChI=1S/C24H27N3O/c1-2-28-24-13-6-4-9-21(24)18-25-27-16-14-26(15-17-27)19-22-11-7-10-20-8-3-5-12-23(20)22/h3-13,18H,2,14-17,19H2,1H3/p+1/b25-18-. The molecule has 0 saturated carbocycles. The van der Waals surface area contributed by atoms with Crippen molar-refractivity contribution >= 4 is 17.0 Å². The van der Waals surface area contributed by atoms with Gasteiger partial charge in [-0.2, -0.15) is 5.10 Å². The SMILES string of the molecule is CCOc1ccccc1/C=N\N1CC[NH+](Cc2cccc3ccccc23)CC1. The second-order valence-corrected chi connectivity index (χ2v) is 7.23. The third-order valence-corrected chi connectivity index (χ3v) is 5.35. The summed E-state index contributed by atoms with van der Waals surface area (Å²) in [6.07, 6.45) is 1.93. The minimum atomic E-state index is 0.668. The molecule has 0 radical (unpaired) electrons. The molecule has 4 nitrogen and oxygen atoms in total. The average Bonchev–Trinajstić information content (AvgIpc) is 2.75. The van der Waals surface area contributed by atoms with E-state index in [1.807, 2.05) is 31.3 Å². The monoisotopic (exact) mass is 374 g/mol. The number of quaternary nitrogens is 1. The maximum atomic E-state index is 5.68. The van der Waals surface area contributed by atoms with Gasteiger partial charge in [0, 0.05) is 11.1 Å². The lowest BCUT2D eigenvalue weighted by Crippen LogP contribution is -3.13. The molecule has 144 valence electrons. The van der Waals surface area contributed by atoms with Gasteiger partial charge >= 0.3 is 0 Å². The Kier molecular flexibility index (Phi) is 5.88. The van der Waals surface area contributed by atoms with Gasteiger partial charge in [-0.15, -0.1) is 0 Å². The lowest BCUT2D eigenvalue weighted by Gasteiger charge is -2.30. The van der Waals surface area contributed by atoms with E-state index in [9.17, 15) is 0 Å². The zero-order valence-corrected chi connectivity index (χ0v) is 16.5. The summed E-state index contributed by atoms with van der Waals surface area (Å²) in [6.45, 7) is 7.92. The maximum absolute atomic E-state index is 5.68. The predicted molar refractivity (Wildman–Crippen MR) is 115 cm³/mol. The molecule has 28 heavy (non-hydrogen) atoms. The molecule has 1 aliphatic heterocycles. The van der Waals surface area contributed by atoms with Crippen LogP contribution >= 0.6 is 0 Å². The summed E-state index contributed by atoms with van der Waals surface area (Å²) in [4.78, 5) is 1.62. The van der Waals surface area contributed by atoms with Gasteiger partial charge in [0.1, 0.15) is 12.3 Å². The zero-order valence-electron chi connectivity index (χ0n) is 16.5. The summed E-state index contributed by atoms with van der Waals surface area (Å²) in [5.74, 6) is 0.897. The van der Waals surface area contributed by atoms with Gasteiger partial charge in [-0.3, -0.25) is 5.01 Å². The molecule has 4 rings (SSSR count). The third-order valence-electron chi connectivity index (χ3n) is 5.35. The Morgan fingerprint density at radius 2 is 1.71 bits per heavy atom. The highest BCUT2D eigenvalue weighted by Gasteiger charge is 2.19. The number of ether oxygens (including phenoxy) is 1. The van der Waals surface area contributed by atoms with Crippen LogP contribution < -0.4 is 9.64 Å². The highest BCUT2D eigenvalue weighted by atomic mass is 16.5. The molecule has 1 N–H and O–H groups in total. The zero-order chi connectivity index (χ0) is 19.2. The maximum Gasteiger partial charge on any atom is 0.128 e. The highest BCUT2D eigenvalue weighted by molar-refractivity contribution is 5.85. The number of hydrogen-bond donors (Lipinski definition) is 1. The summed E-state index contributed by atoms with van der Waals surface area (Å²) >= 11 is 0. The molecule has 3 aromatic rings. The summed E-state index contributed by atoms with van der Waals surface area (Å²) in [5.41, 5.74) is 2.48. The highest BCUT2D eigenvalue weighted by Crippen LogP contribution is 2.18. The molecule has 0 atom stereocenters. The van der Waals surface area contributed by atoms with E-state index in [-0.39, 0.29) is 0 Å². The van der Waals surface area contributed by atoms with Crippen LogP contribution in [0.1, 0.15) is 18.1 Å². The number of nitrogens with one attached hydrogen (secondary N) is 1. The fraction of sp³-hybridized carbons (Fsp3) is 0.292. The van der Waals surface area contributed by atoms with Gasteiger partial charge in [0.25, 0.3) is 0 Å². The third kappa shape index (κ3) is 4.34. The minimum absolute atomic E-state index is 0.668. The first-order valence-corrected chi connectivity index (χ1v) is 10.1. The van der Waals surface area contributed by atoms with E-state index in [1.54, 1.807) is 4.90 Å². The molecule has 1 aliphatic rings. The second-order valence-electron chi connectivity index (χ2n) is 7.23. The Labute approximate surface area is 167 Å². The topological polar surface area (TPSA) is 29.3 Å². The van der Waals surface area contributed by atoms with E-state index in [0.717, 1.165) is 44.0 Å². The van der Waals surface area contributed by atoms with Gasteiger partial charge in [0.05, 0.1) is 39.0 Å². The van der Waals surface area contributed by atoms with Gasteiger partial charge in [0.2, 0.25) is 0 Å². The van der Waals surface area contributed by atoms with Gasteiger partial charge in [-0.05, 0) is 29.8 Å². The number of fused-ring (bicyclic) bond motifs is 1. The van der Waals surface area contributed by atoms with Crippen molar-refractivity contribution in [2.45, 2.75) is 13.5 Å². The summed E-state index contributed by atoms with van der Waals surface area (Å²) < 4.78 is 5.68. The van der Waals surface area contributed by atoms with Crippen molar-refractivity contribution in [1.82, 2.24) is 5.01 Å². The van der Waals surface area contributed by atoms with E-state index < -0.39 is 0 Å². The van der Waals surface area contributed by atoms with Gasteiger partial charge in [-0.1, -0.05) is 54.6 Å². The Hall–Kier alpha value is -2.85. The second kappa shape index (κ2) is 8.89. The minimum Gasteiger partial charge on any atom is -0.493 e. The van der Waals surface area contributed by atoms with Crippen LogP contribution in [0, 0.1) is 0 Å². The lowest BCUT2D eigenvalue weighted by molar-refractivity contribution is -0.918. The molecule has 0 aliphatic carbocycles. The molecule has 0 amide bonds. The first-order chi connectivity index (χ1) is 13.8. The fourth-order valence-electron chi connectivity index (χ4n) is 3.84. The first kappa shape index (κ1) is 18.5. The molecule has 0 aromatic heterocycles. The Bertz CT molecular complexity index is 940. The molecule has 1 fully saturated rings. The number of rotatable bonds is 6. The number of hydrogen-bond acceptors (Lipinski definition) is 3. The first-order valence-electron chi connectivity index (χ1n) is 10.1. The van der Waals surface area contributed by atoms with Gasteiger partial charge in [0.15, 0.2) is 0 Å². The van der Waals surface area contributed by atoms with Crippen LogP contribution in [0.25, 0.3) is 10.8 Å². The van der Waals surface area contributed by atoms with Crippen molar-refractivity contribution in [1.29, 1.82) is 0 Å². The Balaban J connectivity index is 1.36. The fourth-order valence-corrected chi connectivity index (χ4v) is 3.84. The molecule has 4 heteroatoms. The molecule has 0 bridgehead atoms. The van der Waals surface area contributed by atoms with E-state index in [0.29, 0.717) is 6.61 Å². The molecular formula is C24H28N3O+. The van der Waals surface area contributed by atoms with Crippen molar-refractivity contribution in [2.24, 2.45) is 5.10 Å². The van der Waals surface area contributed by atoms with Gasteiger partial charge in [-0.25, -0.2) is 0 Å². The molecule has 1 heterocycles. The summed E-state index contributed by atoms with van der Waals surface area (Å²) in [5, 5.41) is 9.59. The van der Waals surface area contributed by atoms with Crippen LogP contribution in [0.5, 0.6) is 5.75 Å². The van der Waals surface area contributed by atoms with E-state index in [1.165, 1.54) is 16.3 Å². The average molecular weight is 375 g/mol. The van der Waals surface area contributed by atoms with Crippen molar-refractivity contribution < 1.29 is 9.64 Å². The normalized spacial score (nSPS) is 15.4. The number of piperazine rings is 1. The van der Waals surface area contributed by atoms with E-state index in [2.05, 4.69) is 53.5 Å². The number of benzene rings is 3. The molecule has 0 spiro atoms. The van der Waals surface area contributed by atoms with Crippen molar-refractivity contribution in [3.63, 3.8) is 0 Å². The number of para-hydroxylation sites is 1. The van der Waals surface area contributed by atoms with Crippen LogP contribution in [-0.2, 0) is 6.54 Å². The van der Waals surface area contributed by atoms with E-state index in [4.69, 9.17) is 9.84 Å². The van der Waals surface area contributed by atoms with Crippen LogP contribution in [-0.4, -0.2) is 44.0 Å². The lowest BCUT2D eigenvalue weighted by atomic mass is 10.0. The van der Waals surface area contributed by atoms with Crippen molar-refractivity contribution in [3.05, 3.63) is 77.9 Å². The number of nitrogens with zero attached hydrogens (tertiary/aromatic N) is 2. The largest absolute Gasteiger partial charge is 0.493 e. The molecule has 0 unspecified atom stereocenters. The van der Waals surface area contributed by atoms with Crippen LogP contribution in [0.3, 0.4) is 0 Å². The quantitative estimate of drug-likeness (QED) is 0.672. The summed E-state index contributed by atoms with van der Waals surface area (Å²) in [6, 6.07) is 23.4. The van der Waals surface area contributed by atoms with Crippen LogP contribution in [0.2, 0.25) is 0 Å². The molecule has 1 saturated heterocycles. The van der Waals surface area contributed by atoms with Crippen LogP contribution in [0.4, 0.5) is 0 Å². The Morgan fingerprint density at radius 3 is 2.57 bits per heavy atom.